The number of aromatic nitrogens is 2. The average molecular weight is 337 g/mol. The van der Waals surface area contributed by atoms with E-state index < -0.39 is 11.9 Å². The van der Waals surface area contributed by atoms with Gasteiger partial charge >= 0.3 is 5.97 Å². The highest BCUT2D eigenvalue weighted by atomic mass is 16.5. The van der Waals surface area contributed by atoms with Crippen molar-refractivity contribution < 1.29 is 19.4 Å². The van der Waals surface area contributed by atoms with E-state index in [9.17, 15) is 14.7 Å². The molecule has 0 aliphatic rings. The molecule has 0 fully saturated rings. The molecule has 0 spiro atoms. The predicted octanol–water partition coefficient (Wildman–Crippen LogP) is 3.16. The monoisotopic (exact) mass is 337 g/mol. The van der Waals surface area contributed by atoms with Crippen LogP contribution in [-0.2, 0) is 7.05 Å². The number of carboxylic acid groups (broad SMARTS) is 1. The van der Waals surface area contributed by atoms with Crippen molar-refractivity contribution in [2.45, 2.75) is 0 Å². The fraction of sp³-hybridized carbons (Fsp3) is 0.0556. The van der Waals surface area contributed by atoms with Gasteiger partial charge in [0.25, 0.3) is 5.91 Å². The van der Waals surface area contributed by atoms with Crippen LogP contribution in [-0.4, -0.2) is 26.8 Å². The van der Waals surface area contributed by atoms with Gasteiger partial charge in [-0.25, -0.2) is 4.79 Å². The van der Waals surface area contributed by atoms with Gasteiger partial charge in [-0.05, 0) is 24.3 Å². The van der Waals surface area contributed by atoms with E-state index in [2.05, 4.69) is 10.4 Å². The number of carbonyl (C=O) groups is 2. The van der Waals surface area contributed by atoms with Gasteiger partial charge in [0.05, 0.1) is 5.69 Å². The minimum Gasteiger partial charge on any atom is -0.478 e. The average Bonchev–Trinajstić information content (AvgIpc) is 3.00. The fourth-order valence-electron chi connectivity index (χ4n) is 2.27. The maximum Gasteiger partial charge on any atom is 0.339 e. The van der Waals surface area contributed by atoms with Gasteiger partial charge in [-0.3, -0.25) is 9.48 Å². The Labute approximate surface area is 143 Å². The third-order valence-electron chi connectivity index (χ3n) is 3.38. The van der Waals surface area contributed by atoms with Crippen LogP contribution in [0.5, 0.6) is 11.5 Å². The lowest BCUT2D eigenvalue weighted by Crippen LogP contribution is -2.16. The summed E-state index contributed by atoms with van der Waals surface area (Å²) in [5, 5.41) is 15.8. The number of ether oxygens (including phenoxy) is 1. The van der Waals surface area contributed by atoms with Gasteiger partial charge in [-0.1, -0.05) is 30.3 Å². The Morgan fingerprint density at radius 2 is 1.76 bits per heavy atom. The SMILES string of the molecule is Cn1cc(C(=O)O)c(C(=O)Nc2ccccc2Oc2ccccc2)n1. The van der Waals surface area contributed by atoms with E-state index in [1.165, 1.54) is 10.9 Å². The molecule has 0 radical (unpaired) electrons. The van der Waals surface area contributed by atoms with E-state index in [1.807, 2.05) is 18.2 Å². The number of aromatic carboxylic acids is 1. The van der Waals surface area contributed by atoms with Gasteiger partial charge in [-0.2, -0.15) is 5.10 Å². The van der Waals surface area contributed by atoms with Gasteiger partial charge in [0.1, 0.15) is 11.3 Å². The number of benzene rings is 2. The molecule has 7 nitrogen and oxygen atoms in total. The number of anilines is 1. The molecule has 0 atom stereocenters. The van der Waals surface area contributed by atoms with E-state index >= 15 is 0 Å². The van der Waals surface area contributed by atoms with E-state index in [0.717, 1.165) is 0 Å². The number of hydrogen-bond donors (Lipinski definition) is 2. The zero-order valence-corrected chi connectivity index (χ0v) is 13.3. The summed E-state index contributed by atoms with van der Waals surface area (Å²) in [6, 6.07) is 16.0. The Morgan fingerprint density at radius 3 is 2.48 bits per heavy atom. The third kappa shape index (κ3) is 3.66. The fourth-order valence-corrected chi connectivity index (χ4v) is 2.27. The second-order valence-electron chi connectivity index (χ2n) is 5.24. The summed E-state index contributed by atoms with van der Waals surface area (Å²) in [4.78, 5) is 23.7. The maximum atomic E-state index is 12.5. The van der Waals surface area contributed by atoms with Crippen LogP contribution in [0.3, 0.4) is 0 Å². The topological polar surface area (TPSA) is 93.5 Å². The lowest BCUT2D eigenvalue weighted by Gasteiger charge is -2.11. The van der Waals surface area contributed by atoms with E-state index in [-0.39, 0.29) is 11.3 Å². The summed E-state index contributed by atoms with van der Waals surface area (Å²) >= 11 is 0. The highest BCUT2D eigenvalue weighted by molar-refractivity contribution is 6.09. The summed E-state index contributed by atoms with van der Waals surface area (Å²) < 4.78 is 7.05. The molecule has 1 heterocycles. The molecule has 1 aromatic heterocycles. The second-order valence-corrected chi connectivity index (χ2v) is 5.24. The number of rotatable bonds is 5. The van der Waals surface area contributed by atoms with Crippen molar-refractivity contribution in [1.82, 2.24) is 9.78 Å². The van der Waals surface area contributed by atoms with Crippen LogP contribution in [0.25, 0.3) is 0 Å². The molecule has 25 heavy (non-hydrogen) atoms. The van der Waals surface area contributed by atoms with Crippen LogP contribution in [0, 0.1) is 0 Å². The van der Waals surface area contributed by atoms with Crippen molar-refractivity contribution in [2.75, 3.05) is 5.32 Å². The first-order chi connectivity index (χ1) is 12.0. The van der Waals surface area contributed by atoms with Gasteiger partial charge in [0.2, 0.25) is 0 Å². The van der Waals surface area contributed by atoms with Crippen molar-refractivity contribution in [3.63, 3.8) is 0 Å². The first-order valence-electron chi connectivity index (χ1n) is 7.45. The number of carboxylic acids is 1. The van der Waals surface area contributed by atoms with Crippen LogP contribution >= 0.6 is 0 Å². The minimum absolute atomic E-state index is 0.162. The van der Waals surface area contributed by atoms with Crippen LogP contribution < -0.4 is 10.1 Å². The Hall–Kier alpha value is -3.61. The van der Waals surface area contributed by atoms with Gasteiger partial charge in [0.15, 0.2) is 11.4 Å². The molecule has 2 N–H and O–H groups in total. The largest absolute Gasteiger partial charge is 0.478 e. The molecular weight excluding hydrogens is 322 g/mol. The van der Waals surface area contributed by atoms with Crippen molar-refractivity contribution in [3.8, 4) is 11.5 Å². The highest BCUT2D eigenvalue weighted by Gasteiger charge is 2.22. The van der Waals surface area contributed by atoms with Crippen molar-refractivity contribution >= 4 is 17.6 Å². The Balaban J connectivity index is 1.86. The van der Waals surface area contributed by atoms with Gasteiger partial charge < -0.3 is 15.2 Å². The molecule has 2 aromatic carbocycles. The maximum absolute atomic E-state index is 12.5. The van der Waals surface area contributed by atoms with Gasteiger partial charge in [-0.15, -0.1) is 0 Å². The summed E-state index contributed by atoms with van der Waals surface area (Å²) in [7, 11) is 1.55. The van der Waals surface area contributed by atoms with Crippen molar-refractivity contribution in [1.29, 1.82) is 0 Å². The first kappa shape index (κ1) is 16.3. The molecule has 0 aliphatic heterocycles. The zero-order chi connectivity index (χ0) is 17.8. The number of amides is 1. The van der Waals surface area contributed by atoms with Gasteiger partial charge in [0, 0.05) is 13.2 Å². The van der Waals surface area contributed by atoms with Crippen molar-refractivity contribution in [3.05, 3.63) is 72.1 Å². The standard InChI is InChI=1S/C18H15N3O4/c1-21-11-13(18(23)24)16(20-21)17(22)19-14-9-5-6-10-15(14)25-12-7-3-2-4-8-12/h2-11H,1H3,(H,19,22)(H,23,24). The molecule has 7 heteroatoms. The molecule has 0 saturated carbocycles. The molecule has 0 unspecified atom stereocenters. The smallest absolute Gasteiger partial charge is 0.339 e. The summed E-state index contributed by atoms with van der Waals surface area (Å²) in [5.74, 6) is -0.780. The molecular formula is C18H15N3O4. The summed E-state index contributed by atoms with van der Waals surface area (Å²) in [6.07, 6.45) is 1.28. The van der Waals surface area contributed by atoms with Crippen LogP contribution in [0.1, 0.15) is 20.8 Å². The van der Waals surface area contributed by atoms with Crippen LogP contribution in [0.15, 0.2) is 60.8 Å². The highest BCUT2D eigenvalue weighted by Crippen LogP contribution is 2.29. The molecule has 1 amide bonds. The quantitative estimate of drug-likeness (QED) is 0.746. The van der Waals surface area contributed by atoms with Crippen LogP contribution in [0.4, 0.5) is 5.69 Å². The molecule has 3 rings (SSSR count). The summed E-state index contributed by atoms with van der Waals surface area (Å²) in [6.45, 7) is 0. The Bertz CT molecular complexity index is 919. The second kappa shape index (κ2) is 6.88. The number of para-hydroxylation sites is 3. The van der Waals surface area contributed by atoms with E-state index in [4.69, 9.17) is 4.74 Å². The molecule has 126 valence electrons. The minimum atomic E-state index is -1.22. The third-order valence-corrected chi connectivity index (χ3v) is 3.38. The number of nitrogens with zero attached hydrogens (tertiary/aromatic N) is 2. The van der Waals surface area contributed by atoms with E-state index in [1.54, 1.807) is 43.4 Å². The number of carbonyl (C=O) groups excluding carboxylic acids is 1. The summed E-state index contributed by atoms with van der Waals surface area (Å²) in [5.41, 5.74) is 0.0873. The normalized spacial score (nSPS) is 10.3. The number of aryl methyl sites for hydroxylation is 1. The first-order valence-corrected chi connectivity index (χ1v) is 7.45. The Kier molecular flexibility index (Phi) is 4.47. The molecule has 0 saturated heterocycles. The molecule has 3 aromatic rings. The van der Waals surface area contributed by atoms with Crippen LogP contribution in [0.2, 0.25) is 0 Å². The number of nitrogens with one attached hydrogen (secondary N) is 1. The van der Waals surface area contributed by atoms with E-state index in [0.29, 0.717) is 17.2 Å². The molecule has 0 aliphatic carbocycles. The lowest BCUT2D eigenvalue weighted by molar-refractivity contribution is 0.0692. The number of hydrogen-bond acceptors (Lipinski definition) is 4. The predicted molar refractivity (Wildman–Crippen MR) is 91.1 cm³/mol. The lowest BCUT2D eigenvalue weighted by atomic mass is 10.2. The molecule has 0 bridgehead atoms. The Morgan fingerprint density at radius 1 is 1.08 bits per heavy atom. The zero-order valence-electron chi connectivity index (χ0n) is 13.3. The van der Waals surface area contributed by atoms with Crippen molar-refractivity contribution in [2.24, 2.45) is 7.05 Å².